The molecule has 0 radical (unpaired) electrons. The molecule has 0 aromatic carbocycles. The topological polar surface area (TPSA) is 66.5 Å². The van der Waals surface area contributed by atoms with Gasteiger partial charge in [-0.1, -0.05) is 0 Å². The predicted molar refractivity (Wildman–Crippen MR) is 29.4 cm³/mol. The van der Waals surface area contributed by atoms with Crippen molar-refractivity contribution in [3.05, 3.63) is 0 Å². The first-order valence-electron chi connectivity index (χ1n) is 1.78. The molecule has 3 nitrogen and oxygen atoms in total. The lowest BCUT2D eigenvalue weighted by atomic mass is 10.4. The molecular weight excluding hydrogens is 117 g/mol. The monoisotopic (exact) mass is 127 g/mol. The Bertz CT molecular complexity index is 32.1. The van der Waals surface area contributed by atoms with Gasteiger partial charge in [0.05, 0.1) is 19.3 Å². The maximum absolute atomic E-state index is 8.05. The zero-order chi connectivity index (χ0) is 4.99. The standard InChI is InChI=1S/C3H9NO2.ClH/c4-3(1-5)2-6;/h3,5-6H,1-2,4H2;1H. The Morgan fingerprint density at radius 1 is 1.29 bits per heavy atom. The van der Waals surface area contributed by atoms with Crippen LogP contribution in [0.4, 0.5) is 0 Å². The maximum atomic E-state index is 8.05. The van der Waals surface area contributed by atoms with E-state index in [9.17, 15) is 0 Å². The third-order valence-electron chi connectivity index (χ3n) is 0.469. The van der Waals surface area contributed by atoms with Crippen molar-refractivity contribution >= 4 is 12.4 Å². The van der Waals surface area contributed by atoms with Crippen LogP contribution in [-0.2, 0) is 0 Å². The van der Waals surface area contributed by atoms with Gasteiger partial charge in [-0.25, -0.2) is 0 Å². The van der Waals surface area contributed by atoms with Crippen LogP contribution in [0, 0.1) is 0 Å². The molecule has 0 saturated heterocycles. The van der Waals surface area contributed by atoms with Crippen molar-refractivity contribution < 1.29 is 10.2 Å². The quantitative estimate of drug-likeness (QED) is 0.433. The molecule has 0 aliphatic carbocycles. The first-order chi connectivity index (χ1) is 2.81. The molecule has 0 spiro atoms. The minimum Gasteiger partial charge on any atom is -0.395 e. The van der Waals surface area contributed by atoms with Gasteiger partial charge < -0.3 is 15.9 Å². The second-order valence-corrected chi connectivity index (χ2v) is 1.13. The number of rotatable bonds is 2. The minimum absolute atomic E-state index is 0. The van der Waals surface area contributed by atoms with E-state index < -0.39 is 6.04 Å². The lowest BCUT2D eigenvalue weighted by Crippen LogP contribution is -2.27. The van der Waals surface area contributed by atoms with Gasteiger partial charge in [0.15, 0.2) is 0 Å². The lowest BCUT2D eigenvalue weighted by molar-refractivity contribution is 0.194. The normalized spacial score (nSPS) is 8.57. The van der Waals surface area contributed by atoms with Crippen LogP contribution in [0.3, 0.4) is 0 Å². The Hall–Kier alpha value is 0.170. The predicted octanol–water partition coefficient (Wildman–Crippen LogP) is -1.28. The van der Waals surface area contributed by atoms with Gasteiger partial charge in [0.2, 0.25) is 0 Å². The van der Waals surface area contributed by atoms with Crippen LogP contribution in [0.15, 0.2) is 0 Å². The average molecular weight is 128 g/mol. The number of hydrogen-bond donors (Lipinski definition) is 3. The largest absolute Gasteiger partial charge is 0.395 e. The summed E-state index contributed by atoms with van der Waals surface area (Å²) in [6, 6.07) is -0.454. The van der Waals surface area contributed by atoms with Crippen LogP contribution in [0.5, 0.6) is 0 Å². The summed E-state index contributed by atoms with van der Waals surface area (Å²) in [7, 11) is 0. The smallest absolute Gasteiger partial charge is 0.0605 e. The molecule has 0 unspecified atom stereocenters. The fourth-order valence-electron chi connectivity index (χ4n) is 0.0577. The Morgan fingerprint density at radius 2 is 1.57 bits per heavy atom. The summed E-state index contributed by atoms with van der Waals surface area (Å²) in [5, 5.41) is 16.1. The van der Waals surface area contributed by atoms with Crippen LogP contribution in [0.2, 0.25) is 0 Å². The van der Waals surface area contributed by atoms with Gasteiger partial charge in [0.1, 0.15) is 0 Å². The number of nitrogens with two attached hydrogens (primary N) is 1. The van der Waals surface area contributed by atoms with Crippen molar-refractivity contribution in [2.75, 3.05) is 13.2 Å². The van der Waals surface area contributed by atoms with Gasteiger partial charge in [-0.3, -0.25) is 0 Å². The van der Waals surface area contributed by atoms with Gasteiger partial charge >= 0.3 is 0 Å². The van der Waals surface area contributed by atoms with Gasteiger partial charge in [-0.15, -0.1) is 12.4 Å². The number of halogens is 1. The van der Waals surface area contributed by atoms with Crippen LogP contribution >= 0.6 is 12.4 Å². The summed E-state index contributed by atoms with van der Waals surface area (Å²) in [5.41, 5.74) is 4.97. The van der Waals surface area contributed by atoms with E-state index in [4.69, 9.17) is 15.9 Å². The van der Waals surface area contributed by atoms with Crippen molar-refractivity contribution in [1.82, 2.24) is 0 Å². The highest BCUT2D eigenvalue weighted by molar-refractivity contribution is 5.85. The molecule has 0 atom stereocenters. The van der Waals surface area contributed by atoms with E-state index in [2.05, 4.69) is 0 Å². The van der Waals surface area contributed by atoms with Crippen molar-refractivity contribution in [2.45, 2.75) is 6.04 Å². The van der Waals surface area contributed by atoms with Crippen LogP contribution in [0.25, 0.3) is 0 Å². The fourth-order valence-corrected chi connectivity index (χ4v) is 0.0577. The number of hydrogen-bond acceptors (Lipinski definition) is 3. The summed E-state index contributed by atoms with van der Waals surface area (Å²) in [6.07, 6.45) is 0. The Balaban J connectivity index is 0. The molecule has 0 aromatic heterocycles. The molecule has 0 rings (SSSR count). The van der Waals surface area contributed by atoms with Crippen molar-refractivity contribution in [3.8, 4) is 0 Å². The fraction of sp³-hybridized carbons (Fsp3) is 1.00. The molecule has 46 valence electrons. The molecule has 0 saturated carbocycles. The molecule has 0 aliphatic heterocycles. The Labute approximate surface area is 48.6 Å². The number of aliphatic hydroxyl groups excluding tert-OH is 2. The summed E-state index contributed by atoms with van der Waals surface area (Å²) >= 11 is 0. The average Bonchev–Trinajstić information content (AvgIpc) is 1.65. The lowest BCUT2D eigenvalue weighted by Gasteiger charge is -1.98. The minimum atomic E-state index is -0.454. The van der Waals surface area contributed by atoms with Crippen molar-refractivity contribution in [1.29, 1.82) is 0 Å². The highest BCUT2D eigenvalue weighted by Crippen LogP contribution is 1.66. The molecule has 0 aliphatic rings. The van der Waals surface area contributed by atoms with Crippen molar-refractivity contribution in [3.63, 3.8) is 0 Å². The summed E-state index contributed by atoms with van der Waals surface area (Å²) in [4.78, 5) is 0. The molecule has 7 heavy (non-hydrogen) atoms. The van der Waals surface area contributed by atoms with Gasteiger partial charge in [-0.05, 0) is 0 Å². The van der Waals surface area contributed by atoms with Gasteiger partial charge in [0.25, 0.3) is 0 Å². The van der Waals surface area contributed by atoms with E-state index in [1.807, 2.05) is 0 Å². The van der Waals surface area contributed by atoms with Crippen LogP contribution in [0.1, 0.15) is 0 Å². The Morgan fingerprint density at radius 3 is 1.57 bits per heavy atom. The van der Waals surface area contributed by atoms with E-state index >= 15 is 0 Å². The molecular formula is C3H10ClNO2. The van der Waals surface area contributed by atoms with E-state index in [-0.39, 0.29) is 25.6 Å². The highest BCUT2D eigenvalue weighted by atomic mass is 35.5. The van der Waals surface area contributed by atoms with E-state index in [1.54, 1.807) is 0 Å². The first kappa shape index (κ1) is 10.2. The van der Waals surface area contributed by atoms with Gasteiger partial charge in [-0.2, -0.15) is 0 Å². The van der Waals surface area contributed by atoms with Gasteiger partial charge in [0, 0.05) is 0 Å². The summed E-state index contributed by atoms with van der Waals surface area (Å²) in [5.74, 6) is 0. The highest BCUT2D eigenvalue weighted by Gasteiger charge is 1.91. The summed E-state index contributed by atoms with van der Waals surface area (Å²) < 4.78 is 0. The van der Waals surface area contributed by atoms with E-state index in [0.717, 1.165) is 0 Å². The Kier molecular flexibility index (Phi) is 9.00. The second kappa shape index (κ2) is 6.17. The zero-order valence-corrected chi connectivity index (χ0v) is 4.69. The summed E-state index contributed by atoms with van der Waals surface area (Å²) in [6.45, 7) is -0.285. The molecule has 0 aromatic rings. The second-order valence-electron chi connectivity index (χ2n) is 1.13. The molecule has 0 heterocycles. The molecule has 0 fully saturated rings. The maximum Gasteiger partial charge on any atom is 0.0605 e. The third kappa shape index (κ3) is 6.17. The number of aliphatic hydroxyl groups is 2. The first-order valence-corrected chi connectivity index (χ1v) is 1.78. The molecule has 0 bridgehead atoms. The van der Waals surface area contributed by atoms with E-state index in [1.165, 1.54) is 0 Å². The van der Waals surface area contributed by atoms with E-state index in [0.29, 0.717) is 0 Å². The van der Waals surface area contributed by atoms with Crippen LogP contribution < -0.4 is 5.73 Å². The molecule has 4 N–H and O–H groups in total. The SMILES string of the molecule is Cl.NC(CO)CO. The van der Waals surface area contributed by atoms with Crippen molar-refractivity contribution in [2.24, 2.45) is 5.73 Å². The zero-order valence-electron chi connectivity index (χ0n) is 3.87. The van der Waals surface area contributed by atoms with Crippen LogP contribution in [-0.4, -0.2) is 29.5 Å². The molecule has 0 amide bonds. The third-order valence-corrected chi connectivity index (χ3v) is 0.469. The molecule has 4 heteroatoms.